The van der Waals surface area contributed by atoms with Crippen molar-refractivity contribution in [2.45, 2.75) is 76.9 Å². The molecule has 0 aromatic heterocycles. The number of methoxy groups -OCH3 is 1. The van der Waals surface area contributed by atoms with Crippen molar-refractivity contribution >= 4 is 5.97 Å². The van der Waals surface area contributed by atoms with Crippen molar-refractivity contribution < 1.29 is 14.3 Å². The minimum absolute atomic E-state index is 0.337. The van der Waals surface area contributed by atoms with E-state index in [1.807, 2.05) is 0 Å². The molecule has 3 unspecified atom stereocenters. The van der Waals surface area contributed by atoms with Gasteiger partial charge in [0.1, 0.15) is 5.54 Å². The van der Waals surface area contributed by atoms with Gasteiger partial charge in [-0.1, -0.05) is 26.2 Å². The van der Waals surface area contributed by atoms with Crippen LogP contribution in [0, 0.1) is 5.92 Å². The molecule has 20 heavy (non-hydrogen) atoms. The van der Waals surface area contributed by atoms with Crippen LogP contribution in [0.4, 0.5) is 0 Å². The van der Waals surface area contributed by atoms with E-state index in [-0.39, 0.29) is 5.97 Å². The maximum absolute atomic E-state index is 11.4. The Morgan fingerprint density at radius 1 is 1.35 bits per heavy atom. The van der Waals surface area contributed by atoms with Crippen LogP contribution in [0.1, 0.15) is 65.2 Å². The van der Waals surface area contributed by atoms with Crippen LogP contribution in [0.5, 0.6) is 0 Å². The van der Waals surface area contributed by atoms with Crippen LogP contribution in [0.25, 0.3) is 0 Å². The maximum atomic E-state index is 11.4. The molecule has 0 aromatic carbocycles. The highest BCUT2D eigenvalue weighted by molar-refractivity contribution is 5.79. The molecule has 0 heterocycles. The van der Waals surface area contributed by atoms with Crippen molar-refractivity contribution in [1.29, 1.82) is 0 Å². The van der Waals surface area contributed by atoms with Crippen LogP contribution < -0.4 is 5.73 Å². The largest absolute Gasteiger partial charge is 0.468 e. The van der Waals surface area contributed by atoms with Crippen molar-refractivity contribution in [3.63, 3.8) is 0 Å². The van der Waals surface area contributed by atoms with Crippen LogP contribution in [0.2, 0.25) is 0 Å². The van der Waals surface area contributed by atoms with E-state index in [2.05, 4.69) is 6.92 Å². The number of ether oxygens (including phenoxy) is 2. The third kappa shape index (κ3) is 5.80. The number of carbonyl (C=O) groups is 1. The summed E-state index contributed by atoms with van der Waals surface area (Å²) in [5, 5.41) is 0. The van der Waals surface area contributed by atoms with Gasteiger partial charge >= 0.3 is 5.97 Å². The van der Waals surface area contributed by atoms with Gasteiger partial charge in [-0.05, 0) is 44.9 Å². The topological polar surface area (TPSA) is 61.5 Å². The molecule has 1 aliphatic carbocycles. The summed E-state index contributed by atoms with van der Waals surface area (Å²) in [7, 11) is 1.38. The van der Waals surface area contributed by atoms with Crippen LogP contribution >= 0.6 is 0 Å². The molecule has 1 saturated carbocycles. The molecule has 1 aliphatic rings. The number of nitrogens with two attached hydrogens (primary N) is 1. The summed E-state index contributed by atoms with van der Waals surface area (Å²) in [6.45, 7) is 4.77. The number of esters is 1. The molecule has 0 spiro atoms. The van der Waals surface area contributed by atoms with E-state index in [1.54, 1.807) is 6.92 Å². The second kappa shape index (κ2) is 8.63. The van der Waals surface area contributed by atoms with E-state index in [9.17, 15) is 4.79 Å². The molecule has 2 N–H and O–H groups in total. The van der Waals surface area contributed by atoms with E-state index >= 15 is 0 Å². The lowest BCUT2D eigenvalue weighted by Gasteiger charge is -2.28. The van der Waals surface area contributed by atoms with Crippen molar-refractivity contribution in [1.82, 2.24) is 0 Å². The van der Waals surface area contributed by atoms with Crippen LogP contribution in [0.3, 0.4) is 0 Å². The Balaban J connectivity index is 2.11. The summed E-state index contributed by atoms with van der Waals surface area (Å²) in [4.78, 5) is 11.4. The molecule has 3 atom stereocenters. The van der Waals surface area contributed by atoms with Gasteiger partial charge in [-0.2, -0.15) is 0 Å². The predicted molar refractivity (Wildman–Crippen MR) is 80.4 cm³/mol. The van der Waals surface area contributed by atoms with Crippen LogP contribution in [0.15, 0.2) is 0 Å². The standard InChI is InChI=1S/C16H31NO3/c1-4-13-8-7-9-14(12-13)20-11-6-5-10-16(2,17)15(18)19-3/h13-14H,4-12,17H2,1-3H3. The van der Waals surface area contributed by atoms with Gasteiger partial charge < -0.3 is 15.2 Å². The highest BCUT2D eigenvalue weighted by Gasteiger charge is 2.28. The van der Waals surface area contributed by atoms with E-state index in [1.165, 1.54) is 39.2 Å². The molecule has 0 aromatic rings. The van der Waals surface area contributed by atoms with Gasteiger partial charge in [-0.15, -0.1) is 0 Å². The van der Waals surface area contributed by atoms with Crippen molar-refractivity contribution in [2.24, 2.45) is 11.7 Å². The summed E-state index contributed by atoms with van der Waals surface area (Å²) in [6.07, 6.45) is 9.28. The first kappa shape index (κ1) is 17.4. The molecule has 0 saturated heterocycles. The molecule has 0 radical (unpaired) electrons. The number of rotatable bonds is 8. The summed E-state index contributed by atoms with van der Waals surface area (Å²) >= 11 is 0. The van der Waals surface area contributed by atoms with Gasteiger partial charge in [-0.25, -0.2) is 0 Å². The highest BCUT2D eigenvalue weighted by atomic mass is 16.5. The van der Waals surface area contributed by atoms with Gasteiger partial charge in [-0.3, -0.25) is 4.79 Å². The van der Waals surface area contributed by atoms with Crippen molar-refractivity contribution in [2.75, 3.05) is 13.7 Å². The summed E-state index contributed by atoms with van der Waals surface area (Å²) < 4.78 is 10.7. The maximum Gasteiger partial charge on any atom is 0.325 e. The Hall–Kier alpha value is -0.610. The molecular formula is C16H31NO3. The number of hydrogen-bond acceptors (Lipinski definition) is 4. The van der Waals surface area contributed by atoms with E-state index in [4.69, 9.17) is 15.2 Å². The number of unbranched alkanes of at least 4 members (excludes halogenated alkanes) is 1. The monoisotopic (exact) mass is 285 g/mol. The average molecular weight is 285 g/mol. The van der Waals surface area contributed by atoms with E-state index in [0.717, 1.165) is 25.4 Å². The molecule has 118 valence electrons. The van der Waals surface area contributed by atoms with Crippen molar-refractivity contribution in [3.8, 4) is 0 Å². The quantitative estimate of drug-likeness (QED) is 0.550. The lowest BCUT2D eigenvalue weighted by atomic mass is 9.85. The second-order valence-electron chi connectivity index (χ2n) is 6.30. The molecule has 1 rings (SSSR count). The van der Waals surface area contributed by atoms with E-state index in [0.29, 0.717) is 12.5 Å². The van der Waals surface area contributed by atoms with Crippen LogP contribution in [-0.2, 0) is 14.3 Å². The predicted octanol–water partition coefficient (Wildman–Crippen LogP) is 3.03. The first-order chi connectivity index (χ1) is 9.49. The van der Waals surface area contributed by atoms with Crippen molar-refractivity contribution in [3.05, 3.63) is 0 Å². The van der Waals surface area contributed by atoms with Gasteiger partial charge in [0, 0.05) is 6.61 Å². The fourth-order valence-electron chi connectivity index (χ4n) is 2.94. The Morgan fingerprint density at radius 2 is 2.10 bits per heavy atom. The SMILES string of the molecule is CCC1CCCC(OCCCCC(C)(N)C(=O)OC)C1. The number of carbonyl (C=O) groups excluding carboxylic acids is 1. The highest BCUT2D eigenvalue weighted by Crippen LogP contribution is 2.28. The van der Waals surface area contributed by atoms with Gasteiger partial charge in [0.25, 0.3) is 0 Å². The third-order valence-electron chi connectivity index (χ3n) is 4.41. The Morgan fingerprint density at radius 3 is 2.75 bits per heavy atom. The van der Waals surface area contributed by atoms with Gasteiger partial charge in [0.05, 0.1) is 13.2 Å². The third-order valence-corrected chi connectivity index (χ3v) is 4.41. The minimum atomic E-state index is -0.868. The summed E-state index contributed by atoms with van der Waals surface area (Å²) in [6, 6.07) is 0. The fourth-order valence-corrected chi connectivity index (χ4v) is 2.94. The average Bonchev–Trinajstić information content (AvgIpc) is 2.46. The Kier molecular flexibility index (Phi) is 7.52. The molecule has 1 fully saturated rings. The zero-order chi connectivity index (χ0) is 15.0. The summed E-state index contributed by atoms with van der Waals surface area (Å²) in [5.41, 5.74) is 5.05. The lowest BCUT2D eigenvalue weighted by Crippen LogP contribution is -2.45. The Bertz CT molecular complexity index is 291. The second-order valence-corrected chi connectivity index (χ2v) is 6.30. The molecule has 4 nitrogen and oxygen atoms in total. The summed E-state index contributed by atoms with van der Waals surface area (Å²) in [5.74, 6) is 0.511. The lowest BCUT2D eigenvalue weighted by molar-refractivity contribution is -0.146. The molecule has 4 heteroatoms. The molecule has 0 aliphatic heterocycles. The fraction of sp³-hybridized carbons (Fsp3) is 0.938. The van der Waals surface area contributed by atoms with Crippen LogP contribution in [-0.4, -0.2) is 31.3 Å². The number of hydrogen-bond donors (Lipinski definition) is 1. The molecule has 0 bridgehead atoms. The zero-order valence-electron chi connectivity index (χ0n) is 13.3. The molecular weight excluding hydrogens is 254 g/mol. The zero-order valence-corrected chi connectivity index (χ0v) is 13.3. The minimum Gasteiger partial charge on any atom is -0.468 e. The van der Waals surface area contributed by atoms with E-state index < -0.39 is 5.54 Å². The normalized spacial score (nSPS) is 26.0. The van der Waals surface area contributed by atoms with Gasteiger partial charge in [0.2, 0.25) is 0 Å². The first-order valence-electron chi connectivity index (χ1n) is 7.98. The first-order valence-corrected chi connectivity index (χ1v) is 7.98. The smallest absolute Gasteiger partial charge is 0.325 e. The molecule has 0 amide bonds. The Labute approximate surface area is 123 Å². The van der Waals surface area contributed by atoms with Gasteiger partial charge in [0.15, 0.2) is 0 Å².